The van der Waals surface area contributed by atoms with Gasteiger partial charge in [0.05, 0.1) is 11.9 Å². The molecule has 3 nitrogen and oxygen atoms in total. The summed E-state index contributed by atoms with van der Waals surface area (Å²) in [5.74, 6) is 1.11. The minimum atomic E-state index is 0.0856. The van der Waals surface area contributed by atoms with Gasteiger partial charge in [0.15, 0.2) is 0 Å². The van der Waals surface area contributed by atoms with Crippen molar-refractivity contribution in [2.45, 2.75) is 25.4 Å². The standard InChI is InChI=1S/C13H14BrN3/c14-10-5-2-1-4-9(10)11-8-17-12(15)6-3-7-13(17)16-11/h1-2,4-5,8,12H,3,6-7,15H2. The van der Waals surface area contributed by atoms with Crippen molar-refractivity contribution in [3.63, 3.8) is 0 Å². The van der Waals surface area contributed by atoms with E-state index in [2.05, 4.69) is 37.7 Å². The monoisotopic (exact) mass is 291 g/mol. The zero-order valence-corrected chi connectivity index (χ0v) is 11.0. The van der Waals surface area contributed by atoms with Crippen molar-refractivity contribution in [3.8, 4) is 11.3 Å². The minimum absolute atomic E-state index is 0.0856. The summed E-state index contributed by atoms with van der Waals surface area (Å²) in [6, 6.07) is 8.14. The summed E-state index contributed by atoms with van der Waals surface area (Å²) in [4.78, 5) is 4.69. The lowest BCUT2D eigenvalue weighted by Crippen LogP contribution is -2.24. The Morgan fingerprint density at radius 1 is 1.35 bits per heavy atom. The van der Waals surface area contributed by atoms with Gasteiger partial charge in [-0.25, -0.2) is 4.98 Å². The largest absolute Gasteiger partial charge is 0.318 e. The van der Waals surface area contributed by atoms with E-state index in [4.69, 9.17) is 5.73 Å². The first kappa shape index (κ1) is 11.0. The van der Waals surface area contributed by atoms with E-state index >= 15 is 0 Å². The highest BCUT2D eigenvalue weighted by molar-refractivity contribution is 9.10. The summed E-state index contributed by atoms with van der Waals surface area (Å²) >= 11 is 3.56. The highest BCUT2D eigenvalue weighted by Gasteiger charge is 2.19. The molecule has 3 rings (SSSR count). The van der Waals surface area contributed by atoms with Crippen LogP contribution in [0.15, 0.2) is 34.9 Å². The Kier molecular flexibility index (Phi) is 2.76. The number of aromatic nitrogens is 2. The number of benzene rings is 1. The van der Waals surface area contributed by atoms with Crippen LogP contribution in [0.2, 0.25) is 0 Å². The molecular formula is C13H14BrN3. The zero-order chi connectivity index (χ0) is 11.8. The van der Waals surface area contributed by atoms with Crippen molar-refractivity contribution in [1.82, 2.24) is 9.55 Å². The lowest BCUT2D eigenvalue weighted by Gasteiger charge is -2.20. The van der Waals surface area contributed by atoms with Crippen LogP contribution in [0.25, 0.3) is 11.3 Å². The molecule has 1 aliphatic heterocycles. The van der Waals surface area contributed by atoms with Crippen molar-refractivity contribution in [2.75, 3.05) is 0 Å². The van der Waals surface area contributed by atoms with E-state index in [1.54, 1.807) is 0 Å². The molecule has 2 heterocycles. The Hall–Kier alpha value is -1.13. The molecule has 0 aliphatic carbocycles. The third kappa shape index (κ3) is 1.91. The molecule has 1 aliphatic rings. The van der Waals surface area contributed by atoms with E-state index in [1.165, 1.54) is 0 Å². The van der Waals surface area contributed by atoms with E-state index in [0.717, 1.165) is 40.8 Å². The molecule has 1 atom stereocenters. The van der Waals surface area contributed by atoms with Crippen LogP contribution in [-0.4, -0.2) is 9.55 Å². The van der Waals surface area contributed by atoms with E-state index in [1.807, 2.05) is 18.2 Å². The second-order valence-corrected chi connectivity index (χ2v) is 5.24. The summed E-state index contributed by atoms with van der Waals surface area (Å²) < 4.78 is 3.18. The molecule has 0 saturated carbocycles. The maximum atomic E-state index is 6.09. The summed E-state index contributed by atoms with van der Waals surface area (Å²) in [5, 5.41) is 0. The molecule has 0 radical (unpaired) electrons. The number of aryl methyl sites for hydroxylation is 1. The number of nitrogens with zero attached hydrogens (tertiary/aromatic N) is 2. The first-order chi connectivity index (χ1) is 8.25. The molecule has 0 fully saturated rings. The van der Waals surface area contributed by atoms with Gasteiger partial charge in [0.1, 0.15) is 5.82 Å². The van der Waals surface area contributed by atoms with E-state index in [9.17, 15) is 0 Å². The van der Waals surface area contributed by atoms with Crippen LogP contribution in [0.5, 0.6) is 0 Å². The van der Waals surface area contributed by atoms with Gasteiger partial charge < -0.3 is 10.3 Å². The minimum Gasteiger partial charge on any atom is -0.318 e. The van der Waals surface area contributed by atoms with Crippen LogP contribution in [0.1, 0.15) is 24.8 Å². The number of halogens is 1. The van der Waals surface area contributed by atoms with Crippen molar-refractivity contribution in [3.05, 3.63) is 40.8 Å². The van der Waals surface area contributed by atoms with Crippen LogP contribution in [0, 0.1) is 0 Å². The first-order valence-corrected chi connectivity index (χ1v) is 6.63. The van der Waals surface area contributed by atoms with Gasteiger partial charge in [-0.1, -0.05) is 34.1 Å². The van der Waals surface area contributed by atoms with E-state index in [-0.39, 0.29) is 6.17 Å². The fourth-order valence-corrected chi connectivity index (χ4v) is 2.80. The number of fused-ring (bicyclic) bond motifs is 1. The van der Waals surface area contributed by atoms with Crippen molar-refractivity contribution in [2.24, 2.45) is 5.73 Å². The maximum absolute atomic E-state index is 6.09. The number of nitrogens with two attached hydrogens (primary N) is 1. The lowest BCUT2D eigenvalue weighted by atomic mass is 10.1. The molecule has 1 aromatic heterocycles. The van der Waals surface area contributed by atoms with E-state index in [0.29, 0.717) is 0 Å². The van der Waals surface area contributed by atoms with Gasteiger partial charge in [0.25, 0.3) is 0 Å². The molecule has 2 N–H and O–H groups in total. The topological polar surface area (TPSA) is 43.8 Å². The quantitative estimate of drug-likeness (QED) is 0.877. The SMILES string of the molecule is NC1CCCc2nc(-c3ccccc3Br)cn21. The molecule has 0 spiro atoms. The normalized spacial score (nSPS) is 19.1. The van der Waals surface area contributed by atoms with Crippen molar-refractivity contribution in [1.29, 1.82) is 0 Å². The molecule has 17 heavy (non-hydrogen) atoms. The molecule has 0 saturated heterocycles. The molecule has 2 aromatic rings. The smallest absolute Gasteiger partial charge is 0.110 e. The van der Waals surface area contributed by atoms with Gasteiger partial charge in [-0.15, -0.1) is 0 Å². The average molecular weight is 292 g/mol. The van der Waals surface area contributed by atoms with Crippen LogP contribution in [-0.2, 0) is 6.42 Å². The van der Waals surface area contributed by atoms with Crippen LogP contribution >= 0.6 is 15.9 Å². The Morgan fingerprint density at radius 2 is 2.18 bits per heavy atom. The number of hydrogen-bond donors (Lipinski definition) is 1. The van der Waals surface area contributed by atoms with E-state index < -0.39 is 0 Å². The molecule has 0 amide bonds. The van der Waals surface area contributed by atoms with Gasteiger partial charge >= 0.3 is 0 Å². The molecular weight excluding hydrogens is 278 g/mol. The predicted octanol–water partition coefficient (Wildman–Crippen LogP) is 3.11. The fraction of sp³-hybridized carbons (Fsp3) is 0.308. The third-order valence-electron chi connectivity index (χ3n) is 3.22. The fourth-order valence-electron chi connectivity index (χ4n) is 2.31. The zero-order valence-electron chi connectivity index (χ0n) is 9.44. The number of imidazole rings is 1. The molecule has 1 unspecified atom stereocenters. The van der Waals surface area contributed by atoms with Crippen LogP contribution < -0.4 is 5.73 Å². The summed E-state index contributed by atoms with van der Waals surface area (Å²) in [6.45, 7) is 0. The highest BCUT2D eigenvalue weighted by atomic mass is 79.9. The van der Waals surface area contributed by atoms with Crippen molar-refractivity contribution >= 4 is 15.9 Å². The Morgan fingerprint density at radius 3 is 2.94 bits per heavy atom. The van der Waals surface area contributed by atoms with Crippen LogP contribution in [0.4, 0.5) is 0 Å². The van der Waals surface area contributed by atoms with Gasteiger partial charge in [0.2, 0.25) is 0 Å². The van der Waals surface area contributed by atoms with Gasteiger partial charge in [-0.05, 0) is 18.9 Å². The van der Waals surface area contributed by atoms with Gasteiger partial charge in [-0.3, -0.25) is 0 Å². The van der Waals surface area contributed by atoms with Crippen LogP contribution in [0.3, 0.4) is 0 Å². The summed E-state index contributed by atoms with van der Waals surface area (Å²) in [7, 11) is 0. The lowest BCUT2D eigenvalue weighted by molar-refractivity contribution is 0.408. The third-order valence-corrected chi connectivity index (χ3v) is 3.91. The van der Waals surface area contributed by atoms with Gasteiger partial charge in [-0.2, -0.15) is 0 Å². The molecule has 0 bridgehead atoms. The molecule has 4 heteroatoms. The molecule has 88 valence electrons. The van der Waals surface area contributed by atoms with Gasteiger partial charge in [0, 0.05) is 22.7 Å². The Labute approximate surface area is 109 Å². The average Bonchev–Trinajstić information content (AvgIpc) is 2.75. The Bertz CT molecular complexity index is 547. The second kappa shape index (κ2) is 4.27. The second-order valence-electron chi connectivity index (χ2n) is 4.39. The summed E-state index contributed by atoms with van der Waals surface area (Å²) in [5.41, 5.74) is 8.22. The predicted molar refractivity (Wildman–Crippen MR) is 71.5 cm³/mol. The number of rotatable bonds is 1. The Balaban J connectivity index is 2.08. The maximum Gasteiger partial charge on any atom is 0.110 e. The van der Waals surface area contributed by atoms with Crippen molar-refractivity contribution < 1.29 is 0 Å². The highest BCUT2D eigenvalue weighted by Crippen LogP contribution is 2.30. The molecule has 1 aromatic carbocycles. The summed E-state index contributed by atoms with van der Waals surface area (Å²) in [6.07, 6.45) is 5.35. The first-order valence-electron chi connectivity index (χ1n) is 5.84. The number of hydrogen-bond acceptors (Lipinski definition) is 2.